The Morgan fingerprint density at radius 3 is 2.83 bits per heavy atom. The third-order valence-electron chi connectivity index (χ3n) is 4.54. The molecule has 1 aliphatic rings. The molecule has 1 aromatic carbocycles. The van der Waals surface area contributed by atoms with Crippen LogP contribution in [0, 0.1) is 6.92 Å². The van der Waals surface area contributed by atoms with Crippen LogP contribution in [0.2, 0.25) is 0 Å². The molecule has 0 unspecified atom stereocenters. The second kappa shape index (κ2) is 5.31. The quantitative estimate of drug-likeness (QED) is 0.778. The summed E-state index contributed by atoms with van der Waals surface area (Å²) in [5, 5.41) is 1.08. The van der Waals surface area contributed by atoms with E-state index in [-0.39, 0.29) is 12.0 Å². The number of rotatable bonds is 2. The van der Waals surface area contributed by atoms with Crippen molar-refractivity contribution in [1.29, 1.82) is 0 Å². The van der Waals surface area contributed by atoms with E-state index in [2.05, 4.69) is 45.1 Å². The van der Waals surface area contributed by atoms with Gasteiger partial charge in [-0.2, -0.15) is 0 Å². The monoisotopic (exact) mass is 308 g/mol. The largest absolute Gasteiger partial charge is 0.354 e. The maximum Gasteiger partial charge on any atom is 0.139 e. The molecule has 0 bridgehead atoms. The van der Waals surface area contributed by atoms with Crippen molar-refractivity contribution in [2.75, 3.05) is 18.0 Å². The van der Waals surface area contributed by atoms with Crippen LogP contribution in [0.3, 0.4) is 0 Å². The summed E-state index contributed by atoms with van der Waals surface area (Å²) in [6, 6.07) is 6.32. The van der Waals surface area contributed by atoms with Gasteiger partial charge in [0.15, 0.2) is 0 Å². The molecule has 0 amide bonds. The van der Waals surface area contributed by atoms with Crippen molar-refractivity contribution < 1.29 is 0 Å². The lowest BCUT2D eigenvalue weighted by Crippen LogP contribution is -2.29. The Morgan fingerprint density at radius 1 is 1.17 bits per heavy atom. The summed E-state index contributed by atoms with van der Waals surface area (Å²) in [6.45, 7) is 3.70. The molecular formula is C17H20N6. The zero-order valence-electron chi connectivity index (χ0n) is 13.3. The topological polar surface area (TPSA) is 72.9 Å². The van der Waals surface area contributed by atoms with Crippen molar-refractivity contribution in [2.45, 2.75) is 18.9 Å². The van der Waals surface area contributed by atoms with Crippen molar-refractivity contribution >= 4 is 16.7 Å². The predicted molar refractivity (Wildman–Crippen MR) is 90.4 cm³/mol. The molecule has 2 aromatic heterocycles. The summed E-state index contributed by atoms with van der Waals surface area (Å²) >= 11 is 0. The summed E-state index contributed by atoms with van der Waals surface area (Å²) in [6.07, 6.45) is 5.51. The first-order chi connectivity index (χ1) is 11.1. The van der Waals surface area contributed by atoms with Crippen LogP contribution in [-0.4, -0.2) is 38.7 Å². The van der Waals surface area contributed by atoms with Gasteiger partial charge in [0, 0.05) is 43.7 Å². The molecule has 3 aromatic rings. The van der Waals surface area contributed by atoms with Crippen LogP contribution in [0.15, 0.2) is 37.1 Å². The zero-order valence-corrected chi connectivity index (χ0v) is 13.3. The van der Waals surface area contributed by atoms with Gasteiger partial charge in [-0.3, -0.25) is 0 Å². The Morgan fingerprint density at radius 2 is 2.04 bits per heavy atom. The van der Waals surface area contributed by atoms with Crippen LogP contribution in [0.25, 0.3) is 10.9 Å². The summed E-state index contributed by atoms with van der Waals surface area (Å²) in [4.78, 5) is 15.6. The van der Waals surface area contributed by atoms with E-state index in [1.54, 1.807) is 6.33 Å². The van der Waals surface area contributed by atoms with Gasteiger partial charge in [0.2, 0.25) is 0 Å². The van der Waals surface area contributed by atoms with Gasteiger partial charge in [-0.25, -0.2) is 15.0 Å². The van der Waals surface area contributed by atoms with Gasteiger partial charge in [0.05, 0.1) is 17.5 Å². The number of aromatic nitrogens is 4. The van der Waals surface area contributed by atoms with E-state index in [0.29, 0.717) is 0 Å². The molecule has 0 radical (unpaired) electrons. The minimum Gasteiger partial charge on any atom is -0.354 e. The van der Waals surface area contributed by atoms with Crippen molar-refractivity contribution in [3.63, 3.8) is 0 Å². The van der Waals surface area contributed by atoms with E-state index >= 15 is 0 Å². The zero-order chi connectivity index (χ0) is 16.0. The first-order valence-electron chi connectivity index (χ1n) is 7.81. The lowest BCUT2D eigenvalue weighted by molar-refractivity contribution is 0.639. The number of hydrogen-bond acceptors (Lipinski definition) is 5. The van der Waals surface area contributed by atoms with E-state index in [1.807, 2.05) is 24.0 Å². The number of benzene rings is 1. The van der Waals surface area contributed by atoms with Crippen LogP contribution in [0.4, 0.5) is 5.82 Å². The number of fused-ring (bicyclic) bond motifs is 1. The Balaban J connectivity index is 1.71. The highest BCUT2D eigenvalue weighted by atomic mass is 15.2. The smallest absolute Gasteiger partial charge is 0.139 e. The summed E-state index contributed by atoms with van der Waals surface area (Å²) < 4.78 is 1.97. The van der Waals surface area contributed by atoms with Gasteiger partial charge >= 0.3 is 0 Å². The number of anilines is 1. The van der Waals surface area contributed by atoms with Gasteiger partial charge in [-0.1, -0.05) is 11.6 Å². The molecule has 118 valence electrons. The van der Waals surface area contributed by atoms with Crippen LogP contribution >= 0.6 is 0 Å². The second-order valence-electron chi connectivity index (χ2n) is 6.36. The fraction of sp³-hybridized carbons (Fsp3) is 0.353. The molecular weight excluding hydrogens is 288 g/mol. The van der Waals surface area contributed by atoms with Crippen molar-refractivity contribution in [1.82, 2.24) is 19.5 Å². The van der Waals surface area contributed by atoms with E-state index in [9.17, 15) is 0 Å². The maximum absolute atomic E-state index is 6.39. The lowest BCUT2D eigenvalue weighted by atomic mass is 10.0. The molecule has 4 rings (SSSR count). The van der Waals surface area contributed by atoms with Gasteiger partial charge in [0.25, 0.3) is 0 Å². The lowest BCUT2D eigenvalue weighted by Gasteiger charge is -2.18. The van der Waals surface area contributed by atoms with E-state index in [4.69, 9.17) is 5.73 Å². The number of imidazole rings is 1. The van der Waals surface area contributed by atoms with Gasteiger partial charge in [0.1, 0.15) is 12.1 Å². The molecule has 0 saturated carbocycles. The molecule has 6 nitrogen and oxygen atoms in total. The first kappa shape index (κ1) is 14.1. The molecule has 23 heavy (non-hydrogen) atoms. The maximum atomic E-state index is 6.39. The number of hydrogen-bond donors (Lipinski definition) is 1. The molecule has 1 aliphatic heterocycles. The molecule has 1 fully saturated rings. The normalized spacial score (nSPS) is 21.3. The summed E-state index contributed by atoms with van der Waals surface area (Å²) in [7, 11) is 1.98. The first-order valence-corrected chi connectivity index (χ1v) is 7.81. The van der Waals surface area contributed by atoms with Crippen molar-refractivity contribution in [2.24, 2.45) is 12.8 Å². The SMILES string of the molecule is Cc1ccc2ncnc(N3C[C@@H](N)[C@H](c4cn(C)cn4)C3)c2c1. The van der Waals surface area contributed by atoms with Crippen molar-refractivity contribution in [3.8, 4) is 0 Å². The molecule has 3 heterocycles. The third-order valence-corrected chi connectivity index (χ3v) is 4.54. The standard InChI is InChI=1S/C17H20N6/c1-11-3-4-15-12(5-11)17(20-9-19-15)23-6-13(14(18)7-23)16-8-22(2)10-21-16/h3-5,8-10,13-14H,6-7,18H2,1-2H3/t13-,14-/m1/s1. The fourth-order valence-electron chi connectivity index (χ4n) is 3.35. The Labute approximate surface area is 135 Å². The van der Waals surface area contributed by atoms with E-state index in [1.165, 1.54) is 5.56 Å². The minimum absolute atomic E-state index is 0.0553. The molecule has 6 heteroatoms. The second-order valence-corrected chi connectivity index (χ2v) is 6.36. The molecule has 2 N–H and O–H groups in total. The van der Waals surface area contributed by atoms with Gasteiger partial charge in [-0.15, -0.1) is 0 Å². The van der Waals surface area contributed by atoms with E-state index < -0.39 is 0 Å². The molecule has 0 aliphatic carbocycles. The average Bonchev–Trinajstić information content (AvgIpc) is 3.12. The predicted octanol–water partition coefficient (Wildman–Crippen LogP) is 1.60. The van der Waals surface area contributed by atoms with Crippen LogP contribution in [0.1, 0.15) is 17.2 Å². The molecule has 2 atom stereocenters. The Bertz CT molecular complexity index is 855. The average molecular weight is 308 g/mol. The van der Waals surface area contributed by atoms with Gasteiger partial charge < -0.3 is 15.2 Å². The van der Waals surface area contributed by atoms with E-state index in [0.717, 1.165) is 35.5 Å². The highest BCUT2D eigenvalue weighted by Crippen LogP contribution is 2.32. The summed E-state index contributed by atoms with van der Waals surface area (Å²) in [5.41, 5.74) is 9.62. The third kappa shape index (κ3) is 2.45. The van der Waals surface area contributed by atoms with Crippen LogP contribution in [-0.2, 0) is 7.05 Å². The highest BCUT2D eigenvalue weighted by molar-refractivity contribution is 5.90. The summed E-state index contributed by atoms with van der Waals surface area (Å²) in [5.74, 6) is 1.19. The van der Waals surface area contributed by atoms with Gasteiger partial charge in [-0.05, 0) is 19.1 Å². The minimum atomic E-state index is 0.0553. The number of nitrogens with two attached hydrogens (primary N) is 1. The number of aryl methyl sites for hydroxylation is 2. The molecule has 1 saturated heterocycles. The Hall–Kier alpha value is -2.47. The van der Waals surface area contributed by atoms with Crippen LogP contribution < -0.4 is 10.6 Å². The number of nitrogens with zero attached hydrogens (tertiary/aromatic N) is 5. The van der Waals surface area contributed by atoms with Crippen molar-refractivity contribution in [3.05, 3.63) is 48.3 Å². The highest BCUT2D eigenvalue weighted by Gasteiger charge is 2.34. The van der Waals surface area contributed by atoms with Crippen LogP contribution in [0.5, 0.6) is 0 Å². The fourth-order valence-corrected chi connectivity index (χ4v) is 3.35. The Kier molecular flexibility index (Phi) is 3.27. The molecule has 0 spiro atoms.